The van der Waals surface area contributed by atoms with Crippen molar-refractivity contribution < 1.29 is 13.2 Å². The van der Waals surface area contributed by atoms with Crippen LogP contribution < -0.4 is 0 Å². The van der Waals surface area contributed by atoms with Crippen molar-refractivity contribution in [1.82, 2.24) is 9.97 Å². The monoisotopic (exact) mass is 198 g/mol. The predicted octanol–water partition coefficient (Wildman–Crippen LogP) is 2.14. The lowest BCUT2D eigenvalue weighted by atomic mass is 10.2. The van der Waals surface area contributed by atoms with E-state index in [0.29, 0.717) is 5.56 Å². The molecule has 0 saturated carbocycles. The van der Waals surface area contributed by atoms with Gasteiger partial charge in [-0.2, -0.15) is 13.2 Å². The summed E-state index contributed by atoms with van der Waals surface area (Å²) >= 11 is 0. The van der Waals surface area contributed by atoms with Gasteiger partial charge in [-0.1, -0.05) is 12.5 Å². The van der Waals surface area contributed by atoms with E-state index < -0.39 is 12.0 Å². The smallest absolute Gasteiger partial charge is 0.232 e. The van der Waals surface area contributed by atoms with Crippen molar-refractivity contribution >= 4 is 5.57 Å². The average Bonchev–Trinajstić information content (AvgIpc) is 2.15. The van der Waals surface area contributed by atoms with Crippen molar-refractivity contribution in [2.75, 3.05) is 0 Å². The molecule has 2 nitrogen and oxygen atoms in total. The van der Waals surface area contributed by atoms with E-state index in [1.807, 2.05) is 0 Å². The molecule has 0 aliphatic heterocycles. The Morgan fingerprint density at radius 3 is 2.21 bits per heavy atom. The first kappa shape index (κ1) is 10.3. The van der Waals surface area contributed by atoms with Gasteiger partial charge in [0.15, 0.2) is 0 Å². The molecule has 0 N–H and O–H groups in total. The van der Waals surface area contributed by atoms with E-state index in [-0.39, 0.29) is 5.57 Å². The summed E-state index contributed by atoms with van der Waals surface area (Å²) < 4.78 is 36.0. The molecule has 1 rings (SSSR count). The topological polar surface area (TPSA) is 25.8 Å². The van der Waals surface area contributed by atoms with Crippen LogP contribution in [0, 0.1) is 12.3 Å². The first-order valence-electron chi connectivity index (χ1n) is 3.50. The lowest BCUT2D eigenvalue weighted by molar-refractivity contribution is -0.145. The van der Waals surface area contributed by atoms with Gasteiger partial charge in [-0.05, 0) is 0 Å². The van der Waals surface area contributed by atoms with Crippen LogP contribution in [0.15, 0.2) is 19.0 Å². The van der Waals surface area contributed by atoms with Crippen LogP contribution in [-0.4, -0.2) is 9.97 Å². The van der Waals surface area contributed by atoms with Crippen molar-refractivity contribution in [3.8, 4) is 12.3 Å². The molecule has 1 aromatic rings. The van der Waals surface area contributed by atoms with Gasteiger partial charge in [0.2, 0.25) is 5.82 Å². The van der Waals surface area contributed by atoms with Crippen LogP contribution in [0.4, 0.5) is 13.2 Å². The second kappa shape index (κ2) is 3.50. The fourth-order valence-electron chi connectivity index (χ4n) is 0.714. The van der Waals surface area contributed by atoms with Crippen LogP contribution in [0.3, 0.4) is 0 Å². The molecule has 1 heterocycles. The number of terminal acetylenes is 1. The Labute approximate surface area is 78.5 Å². The zero-order valence-corrected chi connectivity index (χ0v) is 6.97. The molecule has 0 atom stereocenters. The number of rotatable bonds is 1. The maximum Gasteiger partial charge on any atom is 0.451 e. The Morgan fingerprint density at radius 2 is 1.86 bits per heavy atom. The fourth-order valence-corrected chi connectivity index (χ4v) is 0.714. The first-order chi connectivity index (χ1) is 6.45. The van der Waals surface area contributed by atoms with Crippen molar-refractivity contribution in [3.05, 3.63) is 30.4 Å². The maximum atomic E-state index is 12.0. The highest BCUT2D eigenvalue weighted by molar-refractivity contribution is 5.75. The molecule has 0 fully saturated rings. The van der Waals surface area contributed by atoms with Gasteiger partial charge in [0.25, 0.3) is 0 Å². The molecule has 0 radical (unpaired) electrons. The zero-order chi connectivity index (χ0) is 10.8. The van der Waals surface area contributed by atoms with Gasteiger partial charge in [-0.25, -0.2) is 9.97 Å². The van der Waals surface area contributed by atoms with Crippen molar-refractivity contribution in [3.63, 3.8) is 0 Å². The molecule has 72 valence electrons. The third-order valence-electron chi connectivity index (χ3n) is 1.43. The van der Waals surface area contributed by atoms with E-state index in [9.17, 15) is 13.2 Å². The Hall–Kier alpha value is -1.83. The molecule has 0 unspecified atom stereocenters. The molecule has 5 heteroatoms. The molecule has 0 saturated heterocycles. The predicted molar refractivity (Wildman–Crippen MR) is 44.9 cm³/mol. The van der Waals surface area contributed by atoms with E-state index in [1.54, 1.807) is 0 Å². The van der Waals surface area contributed by atoms with Gasteiger partial charge in [0.1, 0.15) is 0 Å². The van der Waals surface area contributed by atoms with Crippen LogP contribution in [0.2, 0.25) is 0 Å². The van der Waals surface area contributed by atoms with E-state index in [4.69, 9.17) is 6.42 Å². The lowest BCUT2D eigenvalue weighted by Gasteiger charge is -2.04. The summed E-state index contributed by atoms with van der Waals surface area (Å²) in [6, 6.07) is 0. The van der Waals surface area contributed by atoms with E-state index in [0.717, 1.165) is 12.4 Å². The summed E-state index contributed by atoms with van der Waals surface area (Å²) in [7, 11) is 0. The molecular weight excluding hydrogens is 193 g/mol. The molecule has 0 amide bonds. The van der Waals surface area contributed by atoms with E-state index >= 15 is 0 Å². The summed E-state index contributed by atoms with van der Waals surface area (Å²) in [6.45, 7) is 3.44. The fraction of sp³-hybridized carbons (Fsp3) is 0.111. The summed E-state index contributed by atoms with van der Waals surface area (Å²) in [5.74, 6) is 0.995. The molecular formula is C9H5F3N2. The van der Waals surface area contributed by atoms with Crippen LogP contribution >= 0.6 is 0 Å². The van der Waals surface area contributed by atoms with Gasteiger partial charge < -0.3 is 0 Å². The summed E-state index contributed by atoms with van der Waals surface area (Å²) in [5.41, 5.74) is 0.555. The average molecular weight is 198 g/mol. The SMILES string of the molecule is C#CC(=C)c1cnc(C(F)(F)F)nc1. The number of allylic oxidation sites excluding steroid dienone is 1. The third-order valence-corrected chi connectivity index (χ3v) is 1.43. The molecule has 0 aliphatic carbocycles. The minimum Gasteiger partial charge on any atom is -0.232 e. The highest BCUT2D eigenvalue weighted by Gasteiger charge is 2.34. The number of alkyl halides is 3. The van der Waals surface area contributed by atoms with Crippen molar-refractivity contribution in [1.29, 1.82) is 0 Å². The van der Waals surface area contributed by atoms with Crippen molar-refractivity contribution in [2.24, 2.45) is 0 Å². The van der Waals surface area contributed by atoms with Gasteiger partial charge in [-0.15, -0.1) is 6.42 Å². The number of nitrogens with zero attached hydrogens (tertiary/aromatic N) is 2. The molecule has 0 spiro atoms. The molecule has 1 aromatic heterocycles. The standard InChI is InChI=1S/C9H5F3N2/c1-3-6(2)7-4-13-8(14-5-7)9(10,11)12/h1,4-5H,2H2. The highest BCUT2D eigenvalue weighted by atomic mass is 19.4. The van der Waals surface area contributed by atoms with Gasteiger partial charge in [-0.3, -0.25) is 0 Å². The minimum absolute atomic E-state index is 0.249. The molecule has 0 bridgehead atoms. The van der Waals surface area contributed by atoms with Gasteiger partial charge in [0.05, 0.1) is 0 Å². The molecule has 0 aliphatic rings. The second-order valence-corrected chi connectivity index (χ2v) is 2.42. The second-order valence-electron chi connectivity index (χ2n) is 2.42. The third kappa shape index (κ3) is 2.10. The van der Waals surface area contributed by atoms with Gasteiger partial charge in [0, 0.05) is 23.5 Å². The van der Waals surface area contributed by atoms with E-state index in [2.05, 4.69) is 22.5 Å². The van der Waals surface area contributed by atoms with Crippen molar-refractivity contribution in [2.45, 2.75) is 6.18 Å². The molecule has 0 aromatic carbocycles. The van der Waals surface area contributed by atoms with Crippen LogP contribution in [0.25, 0.3) is 5.57 Å². The van der Waals surface area contributed by atoms with Crippen LogP contribution in [-0.2, 0) is 6.18 Å². The molecule has 14 heavy (non-hydrogen) atoms. The Bertz CT molecular complexity index is 384. The lowest BCUT2D eigenvalue weighted by Crippen LogP contribution is -2.10. The Balaban J connectivity index is 3.02. The normalized spacial score (nSPS) is 10.7. The summed E-state index contributed by atoms with van der Waals surface area (Å²) in [4.78, 5) is 6.25. The van der Waals surface area contributed by atoms with Crippen LogP contribution in [0.5, 0.6) is 0 Å². The quantitative estimate of drug-likeness (QED) is 0.646. The highest BCUT2D eigenvalue weighted by Crippen LogP contribution is 2.25. The summed E-state index contributed by atoms with van der Waals surface area (Å²) in [6.07, 6.45) is 2.46. The number of halogens is 3. The van der Waals surface area contributed by atoms with Gasteiger partial charge >= 0.3 is 6.18 Å². The first-order valence-corrected chi connectivity index (χ1v) is 3.50. The van der Waals surface area contributed by atoms with E-state index in [1.165, 1.54) is 0 Å². The number of hydrogen-bond donors (Lipinski definition) is 0. The Morgan fingerprint density at radius 1 is 1.36 bits per heavy atom. The summed E-state index contributed by atoms with van der Waals surface area (Å²) in [5, 5.41) is 0. The minimum atomic E-state index is -4.53. The number of aromatic nitrogens is 2. The number of hydrogen-bond acceptors (Lipinski definition) is 2. The largest absolute Gasteiger partial charge is 0.451 e. The van der Waals surface area contributed by atoms with Crippen LogP contribution in [0.1, 0.15) is 11.4 Å². The zero-order valence-electron chi connectivity index (χ0n) is 6.97. The Kier molecular flexibility index (Phi) is 2.56. The maximum absolute atomic E-state index is 12.0.